The molecule has 1 fully saturated rings. The van der Waals surface area contributed by atoms with Crippen molar-refractivity contribution in [2.75, 3.05) is 0 Å². The lowest BCUT2D eigenvalue weighted by atomic mass is 9.84. The van der Waals surface area contributed by atoms with Gasteiger partial charge >= 0.3 is 5.97 Å². The van der Waals surface area contributed by atoms with Crippen LogP contribution in [0.1, 0.15) is 60.1 Å². The number of rotatable bonds is 3. The van der Waals surface area contributed by atoms with Crippen LogP contribution in [0.4, 0.5) is 0 Å². The third-order valence-corrected chi connectivity index (χ3v) is 4.34. The fourth-order valence-electron chi connectivity index (χ4n) is 3.38. The summed E-state index contributed by atoms with van der Waals surface area (Å²) in [5.41, 5.74) is 3.55. The molecule has 100 valence electrons. The number of pyridine rings is 1. The van der Waals surface area contributed by atoms with Crippen molar-refractivity contribution < 1.29 is 9.90 Å². The van der Waals surface area contributed by atoms with Crippen LogP contribution in [0, 0.1) is 5.92 Å². The molecule has 0 radical (unpaired) electrons. The highest BCUT2D eigenvalue weighted by atomic mass is 16.4. The highest BCUT2D eigenvalue weighted by Gasteiger charge is 2.23. The van der Waals surface area contributed by atoms with E-state index in [0.29, 0.717) is 5.56 Å². The van der Waals surface area contributed by atoms with Gasteiger partial charge in [-0.2, -0.15) is 0 Å². The highest BCUT2D eigenvalue weighted by Crippen LogP contribution is 2.34. The molecule has 0 saturated heterocycles. The maximum absolute atomic E-state index is 11.2. The molecule has 2 aliphatic carbocycles. The lowest BCUT2D eigenvalue weighted by molar-refractivity contribution is 0.0695. The van der Waals surface area contributed by atoms with Gasteiger partial charge in [0.1, 0.15) is 0 Å². The first kappa shape index (κ1) is 12.4. The van der Waals surface area contributed by atoms with E-state index < -0.39 is 5.97 Å². The summed E-state index contributed by atoms with van der Waals surface area (Å²) in [5, 5.41) is 9.21. The maximum Gasteiger partial charge on any atom is 0.336 e. The Morgan fingerprint density at radius 1 is 1.32 bits per heavy atom. The Morgan fingerprint density at radius 2 is 2.11 bits per heavy atom. The molecule has 1 N–H and O–H groups in total. The largest absolute Gasteiger partial charge is 0.478 e. The summed E-state index contributed by atoms with van der Waals surface area (Å²) in [6, 6.07) is 1.61. The number of hydrogen-bond acceptors (Lipinski definition) is 2. The van der Waals surface area contributed by atoms with Gasteiger partial charge in [-0.05, 0) is 36.5 Å². The molecule has 0 aromatic carbocycles. The van der Waals surface area contributed by atoms with E-state index in [1.807, 2.05) is 0 Å². The van der Waals surface area contributed by atoms with E-state index in [9.17, 15) is 9.90 Å². The van der Waals surface area contributed by atoms with Crippen molar-refractivity contribution in [2.45, 2.75) is 44.9 Å². The molecule has 0 unspecified atom stereocenters. The molecule has 2 aliphatic rings. The molecule has 3 heteroatoms. The van der Waals surface area contributed by atoms with E-state index in [1.165, 1.54) is 37.7 Å². The average molecular weight is 257 g/mol. The monoisotopic (exact) mass is 257 g/mol. The highest BCUT2D eigenvalue weighted by molar-refractivity contribution is 5.91. The molecule has 0 amide bonds. The lowest BCUT2D eigenvalue weighted by Gasteiger charge is -2.21. The number of fused-ring (bicyclic) bond motifs is 1. The van der Waals surface area contributed by atoms with Crippen molar-refractivity contribution in [2.24, 2.45) is 5.92 Å². The van der Waals surface area contributed by atoms with Crippen molar-refractivity contribution in [1.82, 2.24) is 4.98 Å². The number of carbonyl (C=O) groups is 1. The molecule has 1 saturated carbocycles. The Kier molecular flexibility index (Phi) is 3.36. The van der Waals surface area contributed by atoms with Gasteiger partial charge in [0.25, 0.3) is 0 Å². The minimum Gasteiger partial charge on any atom is -0.478 e. The molecule has 0 spiro atoms. The second-order valence-corrected chi connectivity index (χ2v) is 5.71. The van der Waals surface area contributed by atoms with E-state index in [4.69, 9.17) is 0 Å². The minimum absolute atomic E-state index is 0.417. The Labute approximate surface area is 113 Å². The smallest absolute Gasteiger partial charge is 0.336 e. The van der Waals surface area contributed by atoms with Crippen molar-refractivity contribution >= 4 is 12.0 Å². The number of nitrogens with zero attached hydrogens (tertiary/aromatic N) is 1. The molecule has 1 aromatic heterocycles. The second kappa shape index (κ2) is 5.16. The zero-order valence-corrected chi connectivity index (χ0v) is 11.1. The third kappa shape index (κ3) is 2.55. The Morgan fingerprint density at radius 3 is 2.84 bits per heavy atom. The van der Waals surface area contributed by atoms with Crippen LogP contribution in [0.5, 0.6) is 0 Å². The van der Waals surface area contributed by atoms with Crippen LogP contribution in [-0.4, -0.2) is 16.1 Å². The Hall–Kier alpha value is -1.64. The Bertz CT molecular complexity index is 528. The quantitative estimate of drug-likeness (QED) is 0.898. The van der Waals surface area contributed by atoms with Crippen LogP contribution in [-0.2, 0) is 6.42 Å². The SMILES string of the molecule is O=C(O)c1ccnc2c1CC(CC1CCCCC1)=C2. The molecule has 3 rings (SSSR count). The van der Waals surface area contributed by atoms with Gasteiger partial charge in [-0.25, -0.2) is 4.79 Å². The molecular weight excluding hydrogens is 238 g/mol. The standard InChI is InChI=1S/C16H19NO2/c18-16(19)13-6-7-17-15-10-12(9-14(13)15)8-11-4-2-1-3-5-11/h6-7,10-11H,1-5,8-9H2,(H,18,19). The van der Waals surface area contributed by atoms with Crippen LogP contribution in [0.25, 0.3) is 6.08 Å². The first-order chi connectivity index (χ1) is 9.24. The zero-order chi connectivity index (χ0) is 13.2. The van der Waals surface area contributed by atoms with Gasteiger partial charge in [0.2, 0.25) is 0 Å². The van der Waals surface area contributed by atoms with Gasteiger partial charge in [0, 0.05) is 6.20 Å². The van der Waals surface area contributed by atoms with Gasteiger partial charge in [-0.15, -0.1) is 0 Å². The van der Waals surface area contributed by atoms with Crippen LogP contribution in [0.2, 0.25) is 0 Å². The average Bonchev–Trinajstić information content (AvgIpc) is 2.81. The zero-order valence-electron chi connectivity index (χ0n) is 11.1. The number of carboxylic acids is 1. The molecule has 0 atom stereocenters. The second-order valence-electron chi connectivity index (χ2n) is 5.71. The topological polar surface area (TPSA) is 50.2 Å². The van der Waals surface area contributed by atoms with E-state index in [1.54, 1.807) is 12.3 Å². The summed E-state index contributed by atoms with van der Waals surface area (Å²) < 4.78 is 0. The van der Waals surface area contributed by atoms with Gasteiger partial charge in [-0.3, -0.25) is 4.98 Å². The molecule has 19 heavy (non-hydrogen) atoms. The molecule has 1 aromatic rings. The Balaban J connectivity index is 1.75. The summed E-state index contributed by atoms with van der Waals surface area (Å²) in [5.74, 6) is -0.0476. The summed E-state index contributed by atoms with van der Waals surface area (Å²) in [6.45, 7) is 0. The normalized spacial score (nSPS) is 19.1. The van der Waals surface area contributed by atoms with Gasteiger partial charge in [0.15, 0.2) is 0 Å². The summed E-state index contributed by atoms with van der Waals surface area (Å²) in [7, 11) is 0. The predicted octanol–water partition coefficient (Wildman–Crippen LogP) is 3.69. The van der Waals surface area contributed by atoms with Gasteiger partial charge in [-0.1, -0.05) is 37.7 Å². The van der Waals surface area contributed by atoms with E-state index in [-0.39, 0.29) is 0 Å². The first-order valence-electron chi connectivity index (χ1n) is 7.14. The fraction of sp³-hybridized carbons (Fsp3) is 0.500. The predicted molar refractivity (Wildman–Crippen MR) is 74.1 cm³/mol. The summed E-state index contributed by atoms with van der Waals surface area (Å²) in [4.78, 5) is 15.5. The molecular formula is C16H19NO2. The summed E-state index contributed by atoms with van der Waals surface area (Å²) in [6.07, 6.45) is 12.3. The molecule has 3 nitrogen and oxygen atoms in total. The van der Waals surface area contributed by atoms with Crippen LogP contribution in [0.3, 0.4) is 0 Å². The van der Waals surface area contributed by atoms with Crippen LogP contribution >= 0.6 is 0 Å². The van der Waals surface area contributed by atoms with E-state index in [2.05, 4.69) is 11.1 Å². The maximum atomic E-state index is 11.2. The van der Waals surface area contributed by atoms with Gasteiger partial charge in [0.05, 0.1) is 11.3 Å². The van der Waals surface area contributed by atoms with Crippen molar-refractivity contribution in [1.29, 1.82) is 0 Å². The third-order valence-electron chi connectivity index (χ3n) is 4.34. The number of aromatic nitrogens is 1. The van der Waals surface area contributed by atoms with E-state index in [0.717, 1.165) is 30.0 Å². The number of allylic oxidation sites excluding steroid dienone is 1. The van der Waals surface area contributed by atoms with Crippen LogP contribution in [0.15, 0.2) is 17.8 Å². The van der Waals surface area contributed by atoms with E-state index >= 15 is 0 Å². The molecule has 1 heterocycles. The fourth-order valence-corrected chi connectivity index (χ4v) is 3.38. The molecule has 0 bridgehead atoms. The number of carboxylic acid groups (broad SMARTS) is 1. The lowest BCUT2D eigenvalue weighted by Crippen LogP contribution is -2.08. The first-order valence-corrected chi connectivity index (χ1v) is 7.14. The van der Waals surface area contributed by atoms with Gasteiger partial charge < -0.3 is 5.11 Å². The number of hydrogen-bond donors (Lipinski definition) is 1. The molecule has 0 aliphatic heterocycles. The van der Waals surface area contributed by atoms with Crippen molar-refractivity contribution in [3.8, 4) is 0 Å². The van der Waals surface area contributed by atoms with Crippen molar-refractivity contribution in [3.05, 3.63) is 34.7 Å². The number of aromatic carboxylic acids is 1. The van der Waals surface area contributed by atoms with Crippen LogP contribution < -0.4 is 0 Å². The minimum atomic E-state index is -0.842. The van der Waals surface area contributed by atoms with Crippen molar-refractivity contribution in [3.63, 3.8) is 0 Å². The summed E-state index contributed by atoms with van der Waals surface area (Å²) >= 11 is 0.